The number of aliphatic imine (C=N–C) groups is 1. The molecule has 0 aliphatic heterocycles. The molecule has 2 aromatic rings. The molecule has 5 heteroatoms. The Morgan fingerprint density at radius 2 is 1.79 bits per heavy atom. The highest BCUT2D eigenvalue weighted by molar-refractivity contribution is 7.99. The number of guanidine groups is 1. The van der Waals surface area contributed by atoms with Gasteiger partial charge >= 0.3 is 0 Å². The zero-order valence-electron chi connectivity index (χ0n) is 16.9. The number of hydrogen-bond acceptors (Lipinski definition) is 3. The molecule has 0 radical (unpaired) electrons. The molecule has 2 N–H and O–H groups in total. The topological polar surface area (TPSA) is 45.7 Å². The summed E-state index contributed by atoms with van der Waals surface area (Å²) in [5.74, 6) is 0.887. The third kappa shape index (κ3) is 6.57. The average Bonchev–Trinajstić information content (AvgIpc) is 3.20. The Bertz CT molecular complexity index is 751. The summed E-state index contributed by atoms with van der Waals surface area (Å²) in [5, 5.41) is 7.79. The summed E-state index contributed by atoms with van der Waals surface area (Å²) in [6, 6.07) is 19.4. The maximum atomic E-state index is 5.86. The van der Waals surface area contributed by atoms with Crippen LogP contribution in [-0.2, 0) is 24.5 Å². The molecule has 0 aromatic heterocycles. The number of benzene rings is 2. The van der Waals surface area contributed by atoms with Crippen molar-refractivity contribution < 1.29 is 4.74 Å². The van der Waals surface area contributed by atoms with Gasteiger partial charge in [0.2, 0.25) is 0 Å². The van der Waals surface area contributed by atoms with Crippen LogP contribution in [0.25, 0.3) is 0 Å². The highest BCUT2D eigenvalue weighted by Gasteiger charge is 2.24. The minimum absolute atomic E-state index is 0.529. The molecule has 28 heavy (non-hydrogen) atoms. The molecular weight excluding hydrogens is 366 g/mol. The fourth-order valence-electron chi connectivity index (χ4n) is 3.55. The highest BCUT2D eigenvalue weighted by Crippen LogP contribution is 2.28. The first-order valence-corrected chi connectivity index (χ1v) is 11.2. The van der Waals surface area contributed by atoms with Crippen molar-refractivity contribution in [3.8, 4) is 0 Å². The van der Waals surface area contributed by atoms with Crippen LogP contribution in [0.1, 0.15) is 36.0 Å². The number of ether oxygens (including phenoxy) is 1. The van der Waals surface area contributed by atoms with Crippen molar-refractivity contribution in [2.75, 3.05) is 13.3 Å². The van der Waals surface area contributed by atoms with Gasteiger partial charge < -0.3 is 15.4 Å². The van der Waals surface area contributed by atoms with Crippen LogP contribution in [0.5, 0.6) is 0 Å². The Kier molecular flexibility index (Phi) is 8.24. The maximum absolute atomic E-state index is 5.86. The second-order valence-corrected chi connectivity index (χ2v) is 8.37. The van der Waals surface area contributed by atoms with Crippen molar-refractivity contribution in [2.24, 2.45) is 4.99 Å². The smallest absolute Gasteiger partial charge is 0.191 e. The molecule has 2 unspecified atom stereocenters. The number of nitrogens with zero attached hydrogens (tertiary/aromatic N) is 1. The molecule has 0 heterocycles. The third-order valence-electron chi connectivity index (χ3n) is 5.11. The van der Waals surface area contributed by atoms with E-state index in [-0.39, 0.29) is 0 Å². The average molecular weight is 398 g/mol. The van der Waals surface area contributed by atoms with E-state index < -0.39 is 0 Å². The normalized spacial score (nSPS) is 19.6. The second-order valence-electron chi connectivity index (χ2n) is 7.24. The molecule has 0 saturated heterocycles. The second kappa shape index (κ2) is 11.1. The van der Waals surface area contributed by atoms with Crippen molar-refractivity contribution in [1.29, 1.82) is 0 Å². The molecule has 2 aromatic carbocycles. The zero-order chi connectivity index (χ0) is 19.6. The van der Waals surface area contributed by atoms with E-state index in [1.54, 1.807) is 0 Å². The summed E-state index contributed by atoms with van der Waals surface area (Å²) in [6.07, 6.45) is 5.94. The summed E-state index contributed by atoms with van der Waals surface area (Å²) in [6.45, 7) is 2.01. The summed E-state index contributed by atoms with van der Waals surface area (Å²) in [4.78, 5) is 4.39. The van der Waals surface area contributed by atoms with Gasteiger partial charge in [-0.2, -0.15) is 11.8 Å². The molecule has 1 aliphatic carbocycles. The number of rotatable bonds is 8. The lowest BCUT2D eigenvalue weighted by Gasteiger charge is -2.17. The van der Waals surface area contributed by atoms with Crippen LogP contribution < -0.4 is 10.6 Å². The Morgan fingerprint density at radius 3 is 2.54 bits per heavy atom. The first-order valence-electron chi connectivity index (χ1n) is 9.96. The third-order valence-corrected chi connectivity index (χ3v) is 6.21. The van der Waals surface area contributed by atoms with Crippen LogP contribution in [0.2, 0.25) is 0 Å². The number of hydrogen-bond donors (Lipinski definition) is 2. The summed E-state index contributed by atoms with van der Waals surface area (Å²) < 4.78 is 5.86. The number of thioether (sulfide) groups is 1. The van der Waals surface area contributed by atoms with Crippen molar-refractivity contribution >= 4 is 17.7 Å². The molecule has 0 spiro atoms. The lowest BCUT2D eigenvalue weighted by Crippen LogP contribution is -2.42. The van der Waals surface area contributed by atoms with E-state index in [0.717, 1.165) is 17.8 Å². The fraction of sp³-hybridized carbons (Fsp3) is 0.435. The van der Waals surface area contributed by atoms with E-state index in [4.69, 9.17) is 4.74 Å². The molecule has 1 aliphatic rings. The fourth-order valence-corrected chi connectivity index (χ4v) is 4.35. The van der Waals surface area contributed by atoms with Crippen molar-refractivity contribution in [2.45, 2.75) is 50.3 Å². The monoisotopic (exact) mass is 397 g/mol. The molecule has 0 amide bonds. The van der Waals surface area contributed by atoms with Crippen LogP contribution in [0.3, 0.4) is 0 Å². The van der Waals surface area contributed by atoms with Gasteiger partial charge in [-0.3, -0.25) is 4.99 Å². The minimum Gasteiger partial charge on any atom is -0.372 e. The quantitative estimate of drug-likeness (QED) is 0.513. The Labute approximate surface area is 173 Å². The van der Waals surface area contributed by atoms with Crippen molar-refractivity contribution in [3.63, 3.8) is 0 Å². The van der Waals surface area contributed by atoms with Crippen LogP contribution >= 0.6 is 11.8 Å². The molecule has 2 atom stereocenters. The van der Waals surface area contributed by atoms with E-state index in [2.05, 4.69) is 58.3 Å². The van der Waals surface area contributed by atoms with E-state index in [0.29, 0.717) is 19.3 Å². The Morgan fingerprint density at radius 1 is 1.04 bits per heavy atom. The maximum Gasteiger partial charge on any atom is 0.191 e. The van der Waals surface area contributed by atoms with Crippen LogP contribution in [0.15, 0.2) is 59.6 Å². The van der Waals surface area contributed by atoms with Crippen LogP contribution in [-0.4, -0.2) is 30.6 Å². The van der Waals surface area contributed by atoms with Gasteiger partial charge in [0.1, 0.15) is 0 Å². The van der Waals surface area contributed by atoms with Crippen LogP contribution in [0, 0.1) is 0 Å². The van der Waals surface area contributed by atoms with Gasteiger partial charge in [0.15, 0.2) is 5.96 Å². The van der Waals surface area contributed by atoms with Gasteiger partial charge in [-0.1, -0.05) is 54.6 Å². The largest absolute Gasteiger partial charge is 0.372 e. The summed E-state index contributed by atoms with van der Waals surface area (Å²) in [7, 11) is 1.84. The predicted molar refractivity (Wildman–Crippen MR) is 120 cm³/mol. The van der Waals surface area contributed by atoms with Gasteiger partial charge in [-0.15, -0.1) is 0 Å². The summed E-state index contributed by atoms with van der Waals surface area (Å²) in [5.41, 5.74) is 3.62. The van der Waals surface area contributed by atoms with E-state index in [1.807, 2.05) is 37.0 Å². The number of nitrogens with one attached hydrogen (secondary N) is 2. The molecule has 4 nitrogen and oxygen atoms in total. The van der Waals surface area contributed by atoms with Gasteiger partial charge in [0.25, 0.3) is 0 Å². The van der Waals surface area contributed by atoms with Crippen molar-refractivity contribution in [3.05, 3.63) is 71.3 Å². The molecule has 0 bridgehead atoms. The molecule has 1 fully saturated rings. The zero-order valence-corrected chi connectivity index (χ0v) is 17.7. The van der Waals surface area contributed by atoms with Crippen LogP contribution in [0.4, 0.5) is 0 Å². The Hall–Kier alpha value is -1.98. The lowest BCUT2D eigenvalue weighted by molar-refractivity contribution is 0.107. The molecule has 1 saturated carbocycles. The first-order chi connectivity index (χ1) is 13.8. The van der Waals surface area contributed by atoms with Gasteiger partial charge in [-0.05, 0) is 42.2 Å². The van der Waals surface area contributed by atoms with Gasteiger partial charge in [0.05, 0.1) is 13.2 Å². The first kappa shape index (κ1) is 20.7. The molecule has 150 valence electrons. The Balaban J connectivity index is 1.44. The SMILES string of the molecule is CN=C(NCc1cccc(COCc2ccccc2)c1)NC1CCC(SC)C1. The van der Waals surface area contributed by atoms with E-state index in [9.17, 15) is 0 Å². The van der Waals surface area contributed by atoms with E-state index in [1.165, 1.54) is 36.0 Å². The predicted octanol–water partition coefficient (Wildman–Crippen LogP) is 4.35. The lowest BCUT2D eigenvalue weighted by atomic mass is 10.1. The van der Waals surface area contributed by atoms with Crippen molar-refractivity contribution in [1.82, 2.24) is 10.6 Å². The van der Waals surface area contributed by atoms with E-state index >= 15 is 0 Å². The van der Waals surface area contributed by atoms with Gasteiger partial charge in [-0.25, -0.2) is 0 Å². The highest BCUT2D eigenvalue weighted by atomic mass is 32.2. The summed E-state index contributed by atoms with van der Waals surface area (Å²) >= 11 is 1.98. The van der Waals surface area contributed by atoms with Gasteiger partial charge in [0, 0.05) is 24.9 Å². The minimum atomic E-state index is 0.529. The standard InChI is InChI=1S/C23H31N3OS/c1-24-23(26-21-11-12-22(14-21)28-2)25-15-19-9-6-10-20(13-19)17-27-16-18-7-4-3-5-8-18/h3-10,13,21-22H,11-12,14-17H2,1-2H3,(H2,24,25,26). The molecular formula is C23H31N3OS. The molecule has 3 rings (SSSR count).